The summed E-state index contributed by atoms with van der Waals surface area (Å²) in [4.78, 5) is 10.9. The molecule has 1 N–H and O–H groups in total. The lowest BCUT2D eigenvalue weighted by Crippen LogP contribution is -2.23. The van der Waals surface area contributed by atoms with E-state index in [1.54, 1.807) is 43.8 Å². The quantitative estimate of drug-likeness (QED) is 0.684. The van der Waals surface area contributed by atoms with Crippen molar-refractivity contribution < 1.29 is 9.47 Å². The summed E-state index contributed by atoms with van der Waals surface area (Å²) in [5.74, 6) is 3.32. The lowest BCUT2D eigenvalue weighted by atomic mass is 10.1. The Morgan fingerprint density at radius 1 is 1.11 bits per heavy atom. The molecular weight excluding hydrogens is 376 g/mol. The highest BCUT2D eigenvalue weighted by Gasteiger charge is 2.30. The third kappa shape index (κ3) is 3.73. The first-order valence-corrected chi connectivity index (χ1v) is 9.13. The number of halogens is 1. The van der Waals surface area contributed by atoms with Gasteiger partial charge in [0.2, 0.25) is 5.88 Å². The summed E-state index contributed by atoms with van der Waals surface area (Å²) in [5.41, 5.74) is 1.11. The van der Waals surface area contributed by atoms with Crippen molar-refractivity contribution in [2.75, 3.05) is 18.6 Å². The molecule has 1 atom stereocenters. The monoisotopic (exact) mass is 394 g/mol. The number of methoxy groups -OCH3 is 1. The van der Waals surface area contributed by atoms with Crippen molar-refractivity contribution in [3.63, 3.8) is 0 Å². The maximum absolute atomic E-state index is 5.89. The van der Waals surface area contributed by atoms with Gasteiger partial charge in [0.05, 0.1) is 25.5 Å². The molecule has 0 radical (unpaired) electrons. The Hall–Kier alpha value is -3.25. The summed E-state index contributed by atoms with van der Waals surface area (Å²) < 4.78 is 11.1. The second-order valence-electron chi connectivity index (χ2n) is 6.26. The van der Waals surface area contributed by atoms with Crippen molar-refractivity contribution in [3.05, 3.63) is 83.9 Å². The maximum atomic E-state index is 5.89. The van der Waals surface area contributed by atoms with Crippen LogP contribution in [0.1, 0.15) is 11.6 Å². The Labute approximate surface area is 168 Å². The highest BCUT2D eigenvalue weighted by molar-refractivity contribution is 6.30. The number of hydrogen-bond donors (Lipinski definition) is 1. The van der Waals surface area contributed by atoms with Crippen LogP contribution < -0.4 is 19.7 Å². The van der Waals surface area contributed by atoms with Crippen LogP contribution in [0, 0.1) is 0 Å². The molecular formula is C21H19ClN4O2. The SMILES string of the molecule is C=C1NC[C@H](c2cccc(OC)c2)N1c1cnc(Oc2ccc(Cl)cc2)cn1. The van der Waals surface area contributed by atoms with E-state index in [4.69, 9.17) is 21.1 Å². The lowest BCUT2D eigenvalue weighted by Gasteiger charge is -2.25. The number of rotatable bonds is 5. The van der Waals surface area contributed by atoms with Crippen molar-refractivity contribution in [1.82, 2.24) is 15.3 Å². The number of benzene rings is 2. The molecule has 0 aliphatic carbocycles. The van der Waals surface area contributed by atoms with E-state index < -0.39 is 0 Å². The molecule has 0 bridgehead atoms. The van der Waals surface area contributed by atoms with E-state index in [0.717, 1.165) is 23.7 Å². The molecule has 3 aromatic rings. The highest BCUT2D eigenvalue weighted by atomic mass is 35.5. The predicted octanol–water partition coefficient (Wildman–Crippen LogP) is 4.55. The number of ether oxygens (including phenoxy) is 2. The van der Waals surface area contributed by atoms with Gasteiger partial charge in [-0.05, 0) is 42.0 Å². The molecule has 2 heterocycles. The first-order valence-electron chi connectivity index (χ1n) is 8.75. The average molecular weight is 395 g/mol. The van der Waals surface area contributed by atoms with Crippen LogP contribution in [0.4, 0.5) is 5.82 Å². The van der Waals surface area contributed by atoms with E-state index >= 15 is 0 Å². The van der Waals surface area contributed by atoms with Crippen LogP contribution in [-0.4, -0.2) is 23.6 Å². The van der Waals surface area contributed by atoms with Crippen LogP contribution in [0.15, 0.2) is 73.3 Å². The molecule has 0 unspecified atom stereocenters. The van der Waals surface area contributed by atoms with E-state index in [1.165, 1.54) is 0 Å². The van der Waals surface area contributed by atoms with Gasteiger partial charge < -0.3 is 19.7 Å². The summed E-state index contributed by atoms with van der Waals surface area (Å²) in [7, 11) is 1.66. The van der Waals surface area contributed by atoms with E-state index in [1.807, 2.05) is 23.1 Å². The topological polar surface area (TPSA) is 59.5 Å². The van der Waals surface area contributed by atoms with Crippen molar-refractivity contribution in [2.45, 2.75) is 6.04 Å². The average Bonchev–Trinajstić information content (AvgIpc) is 3.12. The number of aromatic nitrogens is 2. The molecule has 1 fully saturated rings. The molecule has 1 saturated heterocycles. The first-order chi connectivity index (χ1) is 13.6. The second-order valence-corrected chi connectivity index (χ2v) is 6.70. The van der Waals surface area contributed by atoms with Gasteiger partial charge in [0.15, 0.2) is 5.82 Å². The van der Waals surface area contributed by atoms with Gasteiger partial charge in [-0.2, -0.15) is 0 Å². The van der Waals surface area contributed by atoms with Crippen LogP contribution in [0.2, 0.25) is 5.02 Å². The van der Waals surface area contributed by atoms with Crippen molar-refractivity contribution >= 4 is 17.4 Å². The van der Waals surface area contributed by atoms with Gasteiger partial charge in [-0.3, -0.25) is 0 Å². The number of anilines is 1. The fourth-order valence-electron chi connectivity index (χ4n) is 3.10. The number of nitrogens with one attached hydrogen (secondary N) is 1. The maximum Gasteiger partial charge on any atom is 0.237 e. The standard InChI is InChI=1S/C21H19ClN4O2/c1-14-23-11-19(15-4-3-5-18(10-15)27-2)26(14)20-12-25-21(13-24-20)28-17-8-6-16(22)7-9-17/h3-10,12-13,19,23H,1,11H2,2H3/t19-/m1/s1. The van der Waals surface area contributed by atoms with E-state index in [2.05, 4.69) is 27.9 Å². The minimum absolute atomic E-state index is 0.0416. The fraction of sp³-hybridized carbons (Fsp3) is 0.143. The summed E-state index contributed by atoms with van der Waals surface area (Å²) in [6, 6.07) is 15.1. The molecule has 2 aromatic carbocycles. The molecule has 1 aliphatic heterocycles. The van der Waals surface area contributed by atoms with E-state index in [9.17, 15) is 0 Å². The molecule has 1 aliphatic rings. The smallest absolute Gasteiger partial charge is 0.237 e. The van der Waals surface area contributed by atoms with Crippen LogP contribution in [-0.2, 0) is 0 Å². The molecule has 142 valence electrons. The molecule has 1 aromatic heterocycles. The highest BCUT2D eigenvalue weighted by Crippen LogP contribution is 2.34. The molecule has 0 saturated carbocycles. The zero-order valence-corrected chi connectivity index (χ0v) is 16.1. The van der Waals surface area contributed by atoms with Crippen molar-refractivity contribution in [2.24, 2.45) is 0 Å². The first kappa shape index (κ1) is 18.1. The Morgan fingerprint density at radius 3 is 2.64 bits per heavy atom. The van der Waals surface area contributed by atoms with Gasteiger partial charge in [0.25, 0.3) is 0 Å². The van der Waals surface area contributed by atoms with E-state index in [0.29, 0.717) is 22.5 Å². The summed E-state index contributed by atoms with van der Waals surface area (Å²) in [5, 5.41) is 3.94. The fourth-order valence-corrected chi connectivity index (χ4v) is 3.23. The molecule has 0 spiro atoms. The number of hydrogen-bond acceptors (Lipinski definition) is 6. The zero-order valence-electron chi connectivity index (χ0n) is 15.3. The summed E-state index contributed by atoms with van der Waals surface area (Å²) >= 11 is 5.89. The third-order valence-corrected chi connectivity index (χ3v) is 4.73. The summed E-state index contributed by atoms with van der Waals surface area (Å²) in [6.45, 7) is 4.82. The molecule has 4 rings (SSSR count). The van der Waals surface area contributed by atoms with Crippen molar-refractivity contribution in [1.29, 1.82) is 0 Å². The molecule has 7 heteroatoms. The Bertz CT molecular complexity index is 976. The normalized spacial score (nSPS) is 16.0. The van der Waals surface area contributed by atoms with Gasteiger partial charge in [-0.15, -0.1) is 0 Å². The van der Waals surface area contributed by atoms with E-state index in [-0.39, 0.29) is 6.04 Å². The zero-order chi connectivity index (χ0) is 19.5. The Morgan fingerprint density at radius 2 is 1.93 bits per heavy atom. The minimum Gasteiger partial charge on any atom is -0.497 e. The van der Waals surface area contributed by atoms with Crippen molar-refractivity contribution in [3.8, 4) is 17.4 Å². The van der Waals surface area contributed by atoms with Gasteiger partial charge in [-0.1, -0.05) is 30.3 Å². The van der Waals surface area contributed by atoms with Gasteiger partial charge in [0, 0.05) is 11.6 Å². The Kier molecular flexibility index (Phi) is 5.04. The third-order valence-electron chi connectivity index (χ3n) is 4.48. The molecule has 6 nitrogen and oxygen atoms in total. The predicted molar refractivity (Wildman–Crippen MR) is 109 cm³/mol. The van der Waals surface area contributed by atoms with Gasteiger partial charge in [-0.25, -0.2) is 9.97 Å². The van der Waals surface area contributed by atoms with Gasteiger partial charge >= 0.3 is 0 Å². The van der Waals surface area contributed by atoms with Crippen LogP contribution >= 0.6 is 11.6 Å². The minimum atomic E-state index is 0.0416. The molecule has 0 amide bonds. The number of nitrogens with zero attached hydrogens (tertiary/aromatic N) is 3. The Balaban J connectivity index is 1.56. The summed E-state index contributed by atoms with van der Waals surface area (Å²) in [6.07, 6.45) is 3.27. The lowest BCUT2D eigenvalue weighted by molar-refractivity contribution is 0.414. The van der Waals surface area contributed by atoms with Crippen LogP contribution in [0.3, 0.4) is 0 Å². The van der Waals surface area contributed by atoms with Gasteiger partial charge in [0.1, 0.15) is 17.3 Å². The molecule has 28 heavy (non-hydrogen) atoms. The van der Waals surface area contributed by atoms with Crippen LogP contribution in [0.25, 0.3) is 0 Å². The largest absolute Gasteiger partial charge is 0.497 e. The second kappa shape index (κ2) is 7.78. The van der Waals surface area contributed by atoms with Crippen LogP contribution in [0.5, 0.6) is 17.4 Å².